The van der Waals surface area contributed by atoms with Gasteiger partial charge in [-0.3, -0.25) is 15.6 Å². The Morgan fingerprint density at radius 1 is 0.818 bits per heavy atom. The van der Waals surface area contributed by atoms with Crippen LogP contribution in [-0.4, -0.2) is 65.2 Å². The lowest BCUT2D eigenvalue weighted by atomic mass is 9.68. The Balaban J connectivity index is 1.36. The molecule has 236 valence electrons. The van der Waals surface area contributed by atoms with E-state index in [0.29, 0.717) is 0 Å². The Hall–Kier alpha value is -4.61. The molecule has 0 heterocycles. The monoisotopic (exact) mass is 608 g/mol. The van der Waals surface area contributed by atoms with E-state index in [-0.39, 0.29) is 43.8 Å². The number of carboxylic acid groups (broad SMARTS) is 1. The molecular weight excluding hydrogens is 568 g/mol. The molecule has 0 aromatic heterocycles. The van der Waals surface area contributed by atoms with E-state index in [0.717, 1.165) is 22.3 Å². The van der Waals surface area contributed by atoms with Crippen molar-refractivity contribution in [2.45, 2.75) is 77.0 Å². The first-order valence-electron chi connectivity index (χ1n) is 14.5. The third kappa shape index (κ3) is 8.06. The van der Waals surface area contributed by atoms with Crippen molar-refractivity contribution in [2.24, 2.45) is 10.9 Å². The van der Waals surface area contributed by atoms with Crippen LogP contribution in [0.25, 0.3) is 11.1 Å². The predicted molar refractivity (Wildman–Crippen MR) is 162 cm³/mol. The highest BCUT2D eigenvalue weighted by Crippen LogP contribution is 2.44. The highest BCUT2D eigenvalue weighted by atomic mass is 16.6. The van der Waals surface area contributed by atoms with Gasteiger partial charge in [0.15, 0.2) is 0 Å². The van der Waals surface area contributed by atoms with Gasteiger partial charge in [-0.1, -0.05) is 48.5 Å². The van der Waals surface area contributed by atoms with Crippen molar-refractivity contribution < 1.29 is 38.5 Å². The minimum Gasteiger partial charge on any atom is -0.480 e. The number of aliphatic imine (C=N–C) groups is 1. The normalized spacial score (nSPS) is 18.9. The van der Waals surface area contributed by atoms with Gasteiger partial charge in [0.1, 0.15) is 23.3 Å². The highest BCUT2D eigenvalue weighted by Gasteiger charge is 2.52. The molecule has 44 heavy (non-hydrogen) atoms. The van der Waals surface area contributed by atoms with Crippen LogP contribution in [0.5, 0.6) is 0 Å². The number of hydrogen-bond acceptors (Lipinski definition) is 8. The Bertz CT molecular complexity index is 1370. The molecule has 1 fully saturated rings. The minimum absolute atomic E-state index is 0.0549. The zero-order valence-corrected chi connectivity index (χ0v) is 25.9. The zero-order chi connectivity index (χ0) is 32.3. The Morgan fingerprint density at radius 2 is 1.30 bits per heavy atom. The van der Waals surface area contributed by atoms with Crippen molar-refractivity contribution in [2.75, 3.05) is 13.2 Å². The van der Waals surface area contributed by atoms with Crippen molar-refractivity contribution in [3.8, 4) is 11.1 Å². The summed E-state index contributed by atoms with van der Waals surface area (Å²) in [7, 11) is 0. The molecule has 12 heteroatoms. The maximum absolute atomic E-state index is 12.8. The molecule has 0 spiro atoms. The molecule has 1 saturated carbocycles. The van der Waals surface area contributed by atoms with Gasteiger partial charge in [-0.05, 0) is 82.6 Å². The third-order valence-corrected chi connectivity index (χ3v) is 7.11. The maximum atomic E-state index is 12.8. The zero-order valence-electron chi connectivity index (χ0n) is 25.9. The molecule has 2 aromatic rings. The number of nitrogens with zero attached hydrogens (tertiary/aromatic N) is 1. The topological polar surface area (TPSA) is 165 Å². The van der Waals surface area contributed by atoms with Crippen molar-refractivity contribution >= 4 is 30.2 Å². The standard InChI is InChI=1S/C32H40N4O8/c1-30(2,3)43-27(39)34-26(35-28(40)44-31(4,5)6)33-17-19-15-32(16-19,25(37)38)36-29(41)42-18-24-22-13-9-7-11-20(22)21-12-8-10-14-23(21)24/h7-14,19,24H,15-18H2,1-6H3,(H,36,41)(H,37,38)(H2,33,34,35,39,40). The Labute approximate surface area is 256 Å². The van der Waals surface area contributed by atoms with Gasteiger partial charge >= 0.3 is 24.2 Å². The summed E-state index contributed by atoms with van der Waals surface area (Å²) in [5.74, 6) is -1.82. The second-order valence-corrected chi connectivity index (χ2v) is 13.1. The lowest BCUT2D eigenvalue weighted by Gasteiger charge is -2.43. The number of carbonyl (C=O) groups is 4. The van der Waals surface area contributed by atoms with Gasteiger partial charge in [-0.25, -0.2) is 19.2 Å². The fourth-order valence-electron chi connectivity index (χ4n) is 5.35. The van der Waals surface area contributed by atoms with Crippen molar-refractivity contribution in [1.29, 1.82) is 0 Å². The third-order valence-electron chi connectivity index (χ3n) is 7.11. The van der Waals surface area contributed by atoms with Gasteiger partial charge in [0.2, 0.25) is 5.96 Å². The van der Waals surface area contributed by atoms with E-state index in [1.807, 2.05) is 48.5 Å². The number of guanidine groups is 1. The molecule has 2 aromatic carbocycles. The van der Waals surface area contributed by atoms with E-state index in [9.17, 15) is 24.3 Å². The fraction of sp³-hybridized carbons (Fsp3) is 0.469. The molecule has 0 radical (unpaired) electrons. The molecular formula is C32H40N4O8. The number of alkyl carbamates (subject to hydrolysis) is 3. The van der Waals surface area contributed by atoms with Gasteiger partial charge in [-0.2, -0.15) is 0 Å². The summed E-state index contributed by atoms with van der Waals surface area (Å²) in [6.07, 6.45) is -2.35. The summed E-state index contributed by atoms with van der Waals surface area (Å²) < 4.78 is 16.0. The number of carboxylic acids is 1. The molecule has 0 unspecified atom stereocenters. The summed E-state index contributed by atoms with van der Waals surface area (Å²) in [6.45, 7) is 10.2. The number of aliphatic carboxylic acids is 1. The molecule has 2 aliphatic carbocycles. The number of hydrogen-bond donors (Lipinski definition) is 4. The van der Waals surface area contributed by atoms with Crippen LogP contribution in [0.2, 0.25) is 0 Å². The van der Waals surface area contributed by atoms with E-state index in [4.69, 9.17) is 14.2 Å². The largest absolute Gasteiger partial charge is 0.480 e. The number of fused-ring (bicyclic) bond motifs is 3. The van der Waals surface area contributed by atoms with Gasteiger partial charge in [0.25, 0.3) is 0 Å². The first kappa shape index (κ1) is 32.3. The first-order chi connectivity index (χ1) is 20.6. The lowest BCUT2D eigenvalue weighted by molar-refractivity contribution is -0.150. The molecule has 3 amide bonds. The fourth-order valence-corrected chi connectivity index (χ4v) is 5.35. The van der Waals surface area contributed by atoms with Gasteiger partial charge in [0, 0.05) is 12.5 Å². The van der Waals surface area contributed by atoms with E-state index in [1.165, 1.54) is 0 Å². The number of rotatable bonds is 6. The predicted octanol–water partition coefficient (Wildman–Crippen LogP) is 5.16. The lowest BCUT2D eigenvalue weighted by Crippen LogP contribution is -2.63. The molecule has 12 nitrogen and oxygen atoms in total. The summed E-state index contributed by atoms with van der Waals surface area (Å²) in [6, 6.07) is 15.9. The average Bonchev–Trinajstić information content (AvgIpc) is 3.19. The second-order valence-electron chi connectivity index (χ2n) is 13.1. The van der Waals surface area contributed by atoms with Crippen LogP contribution >= 0.6 is 0 Å². The van der Waals surface area contributed by atoms with Gasteiger partial charge in [-0.15, -0.1) is 0 Å². The van der Waals surface area contributed by atoms with Crippen LogP contribution in [0.15, 0.2) is 53.5 Å². The van der Waals surface area contributed by atoms with E-state index in [2.05, 4.69) is 20.9 Å². The van der Waals surface area contributed by atoms with Crippen LogP contribution in [0, 0.1) is 5.92 Å². The molecule has 0 bridgehead atoms. The van der Waals surface area contributed by atoms with Gasteiger partial charge in [0.05, 0.1) is 0 Å². The number of carbonyl (C=O) groups excluding carboxylic acids is 3. The highest BCUT2D eigenvalue weighted by molar-refractivity contribution is 6.01. The van der Waals surface area contributed by atoms with Crippen molar-refractivity contribution in [1.82, 2.24) is 16.0 Å². The van der Waals surface area contributed by atoms with Crippen LogP contribution in [-0.2, 0) is 19.0 Å². The average molecular weight is 609 g/mol. The smallest absolute Gasteiger partial charge is 0.414 e. The van der Waals surface area contributed by atoms with Gasteiger partial charge < -0.3 is 24.6 Å². The minimum atomic E-state index is -1.53. The van der Waals surface area contributed by atoms with Crippen LogP contribution < -0.4 is 16.0 Å². The summed E-state index contributed by atoms with van der Waals surface area (Å²) in [5.41, 5.74) is 1.16. The SMILES string of the molecule is CC(C)(C)OC(=O)NC(=NCC1CC(NC(=O)OCC2c3ccccc3-c3ccccc32)(C(=O)O)C1)NC(=O)OC(C)(C)C. The summed E-state index contributed by atoms with van der Waals surface area (Å²) in [5, 5.41) is 17.3. The maximum Gasteiger partial charge on any atom is 0.414 e. The summed E-state index contributed by atoms with van der Waals surface area (Å²) in [4.78, 5) is 54.0. The Morgan fingerprint density at radius 3 is 1.75 bits per heavy atom. The quantitative estimate of drug-likeness (QED) is 0.198. The number of benzene rings is 2. The number of amides is 3. The number of ether oxygens (including phenoxy) is 3. The van der Waals surface area contributed by atoms with E-state index in [1.54, 1.807) is 41.5 Å². The molecule has 0 atom stereocenters. The Kier molecular flexibility index (Phi) is 9.22. The molecule has 4 rings (SSSR count). The summed E-state index contributed by atoms with van der Waals surface area (Å²) >= 11 is 0. The van der Waals surface area contributed by atoms with Crippen molar-refractivity contribution in [3.05, 3.63) is 59.7 Å². The van der Waals surface area contributed by atoms with E-state index < -0.39 is 41.0 Å². The molecule has 0 aliphatic heterocycles. The van der Waals surface area contributed by atoms with Crippen LogP contribution in [0.1, 0.15) is 71.4 Å². The molecule has 4 N–H and O–H groups in total. The second kappa shape index (κ2) is 12.6. The van der Waals surface area contributed by atoms with Crippen LogP contribution in [0.3, 0.4) is 0 Å². The number of nitrogens with one attached hydrogen (secondary N) is 3. The molecule has 0 saturated heterocycles. The van der Waals surface area contributed by atoms with Crippen LogP contribution in [0.4, 0.5) is 14.4 Å². The van der Waals surface area contributed by atoms with E-state index >= 15 is 0 Å². The first-order valence-corrected chi connectivity index (χ1v) is 14.5. The van der Waals surface area contributed by atoms with Crippen molar-refractivity contribution in [3.63, 3.8) is 0 Å². The molecule has 2 aliphatic rings.